The van der Waals surface area contributed by atoms with Gasteiger partial charge in [0.25, 0.3) is 0 Å². The van der Waals surface area contributed by atoms with Crippen molar-refractivity contribution in [1.29, 1.82) is 0 Å². The van der Waals surface area contributed by atoms with Crippen LogP contribution in [0.3, 0.4) is 0 Å². The highest BCUT2D eigenvalue weighted by molar-refractivity contribution is 7.12. The maximum atomic E-state index is 12.4. The number of nitrogens with zero attached hydrogens (tertiary/aromatic N) is 2. The third-order valence-corrected chi connectivity index (χ3v) is 4.65. The molecule has 0 aliphatic carbocycles. The summed E-state index contributed by atoms with van der Waals surface area (Å²) in [5, 5.41) is 6.93. The smallest absolute Gasteiger partial charge is 0.179 e. The van der Waals surface area contributed by atoms with Crippen molar-refractivity contribution in [2.75, 3.05) is 0 Å². The first kappa shape index (κ1) is 14.3. The molecule has 2 heterocycles. The van der Waals surface area contributed by atoms with Gasteiger partial charge < -0.3 is 0 Å². The summed E-state index contributed by atoms with van der Waals surface area (Å²) in [7, 11) is 0. The number of aryl methyl sites for hydroxylation is 3. The van der Waals surface area contributed by atoms with E-state index < -0.39 is 0 Å². The molecule has 0 saturated carbocycles. The minimum atomic E-state index is 0.128. The SMILES string of the molecule is CCc1ccsc1C(=O)Cc1c(Cl)c(C)nn1CC. The molecular weight excluding hydrogens is 280 g/mol. The van der Waals surface area contributed by atoms with Gasteiger partial charge in [0.2, 0.25) is 0 Å². The molecule has 0 aromatic carbocycles. The number of halogens is 1. The molecule has 0 fully saturated rings. The van der Waals surface area contributed by atoms with Crippen molar-refractivity contribution < 1.29 is 4.79 Å². The number of rotatable bonds is 5. The Morgan fingerprint density at radius 2 is 2.21 bits per heavy atom. The summed E-state index contributed by atoms with van der Waals surface area (Å²) < 4.78 is 1.81. The molecule has 0 bridgehead atoms. The standard InChI is InChI=1S/C14H17ClN2OS/c1-4-10-6-7-19-14(10)12(18)8-11-13(15)9(3)16-17(11)5-2/h6-7H,4-5,8H2,1-3H3. The molecule has 0 unspecified atom stereocenters. The molecule has 2 rings (SSSR count). The predicted molar refractivity (Wildman–Crippen MR) is 79.4 cm³/mol. The van der Waals surface area contributed by atoms with Crippen LogP contribution in [-0.2, 0) is 19.4 Å². The molecular formula is C14H17ClN2OS. The zero-order valence-electron chi connectivity index (χ0n) is 11.4. The summed E-state index contributed by atoms with van der Waals surface area (Å²) >= 11 is 7.74. The Morgan fingerprint density at radius 1 is 1.47 bits per heavy atom. The fourth-order valence-electron chi connectivity index (χ4n) is 2.13. The average molecular weight is 297 g/mol. The van der Waals surface area contributed by atoms with E-state index in [4.69, 9.17) is 11.6 Å². The van der Waals surface area contributed by atoms with Gasteiger partial charge in [0, 0.05) is 6.54 Å². The van der Waals surface area contributed by atoms with E-state index in [9.17, 15) is 4.79 Å². The molecule has 0 aliphatic heterocycles. The molecule has 5 heteroatoms. The Hall–Kier alpha value is -1.13. The number of hydrogen-bond donors (Lipinski definition) is 0. The van der Waals surface area contributed by atoms with E-state index in [0.717, 1.165) is 34.8 Å². The first-order chi connectivity index (χ1) is 9.08. The minimum absolute atomic E-state index is 0.128. The molecule has 0 aliphatic rings. The van der Waals surface area contributed by atoms with Crippen LogP contribution in [0.1, 0.15) is 40.5 Å². The highest BCUT2D eigenvalue weighted by atomic mass is 35.5. The van der Waals surface area contributed by atoms with E-state index in [-0.39, 0.29) is 5.78 Å². The number of carbonyl (C=O) groups excluding carboxylic acids is 1. The van der Waals surface area contributed by atoms with E-state index in [2.05, 4.69) is 12.0 Å². The van der Waals surface area contributed by atoms with Crippen LogP contribution in [0.4, 0.5) is 0 Å². The molecule has 0 radical (unpaired) electrons. The van der Waals surface area contributed by atoms with Gasteiger partial charge in [-0.1, -0.05) is 18.5 Å². The van der Waals surface area contributed by atoms with Crippen molar-refractivity contribution in [2.45, 2.75) is 40.2 Å². The molecule has 0 N–H and O–H groups in total. The lowest BCUT2D eigenvalue weighted by Crippen LogP contribution is -2.10. The van der Waals surface area contributed by atoms with E-state index in [0.29, 0.717) is 11.4 Å². The fraction of sp³-hybridized carbons (Fsp3) is 0.429. The van der Waals surface area contributed by atoms with Crippen LogP contribution in [0.5, 0.6) is 0 Å². The Labute approximate surface area is 122 Å². The van der Waals surface area contributed by atoms with Gasteiger partial charge in [0.05, 0.1) is 27.7 Å². The summed E-state index contributed by atoms with van der Waals surface area (Å²) in [6, 6.07) is 2.02. The van der Waals surface area contributed by atoms with Gasteiger partial charge in [-0.25, -0.2) is 0 Å². The largest absolute Gasteiger partial charge is 0.293 e. The third-order valence-electron chi connectivity index (χ3n) is 3.16. The van der Waals surface area contributed by atoms with Crippen molar-refractivity contribution in [3.8, 4) is 0 Å². The average Bonchev–Trinajstić information content (AvgIpc) is 2.98. The molecule has 2 aromatic heterocycles. The topological polar surface area (TPSA) is 34.9 Å². The first-order valence-corrected chi connectivity index (χ1v) is 7.65. The van der Waals surface area contributed by atoms with Crippen molar-refractivity contribution in [3.05, 3.63) is 38.3 Å². The summed E-state index contributed by atoms with van der Waals surface area (Å²) in [6.07, 6.45) is 1.20. The van der Waals surface area contributed by atoms with Gasteiger partial charge in [-0.05, 0) is 37.3 Å². The van der Waals surface area contributed by atoms with Crippen LogP contribution in [0.15, 0.2) is 11.4 Å². The number of hydrogen-bond acceptors (Lipinski definition) is 3. The van der Waals surface area contributed by atoms with Crippen LogP contribution in [0, 0.1) is 6.92 Å². The van der Waals surface area contributed by atoms with Crippen molar-refractivity contribution in [3.63, 3.8) is 0 Å². The Balaban J connectivity index is 2.29. The monoisotopic (exact) mass is 296 g/mol. The zero-order chi connectivity index (χ0) is 14.0. The predicted octanol–water partition coefficient (Wildman–Crippen LogP) is 3.91. The molecule has 0 atom stereocenters. The molecule has 19 heavy (non-hydrogen) atoms. The minimum Gasteiger partial charge on any atom is -0.293 e. The van der Waals surface area contributed by atoms with Crippen LogP contribution < -0.4 is 0 Å². The van der Waals surface area contributed by atoms with Gasteiger partial charge in [-0.2, -0.15) is 5.10 Å². The van der Waals surface area contributed by atoms with Gasteiger partial charge in [-0.15, -0.1) is 11.3 Å². The quantitative estimate of drug-likeness (QED) is 0.784. The number of thiophene rings is 1. The molecule has 0 saturated heterocycles. The summed E-state index contributed by atoms with van der Waals surface area (Å²) in [4.78, 5) is 13.2. The normalized spacial score (nSPS) is 10.9. The van der Waals surface area contributed by atoms with E-state index in [1.165, 1.54) is 11.3 Å². The van der Waals surface area contributed by atoms with Gasteiger partial charge in [-0.3, -0.25) is 9.48 Å². The number of ketones is 1. The summed E-state index contributed by atoms with van der Waals surface area (Å²) in [5.74, 6) is 0.128. The van der Waals surface area contributed by atoms with Gasteiger partial charge in [0.1, 0.15) is 0 Å². The second-order valence-electron chi connectivity index (χ2n) is 4.39. The second-order valence-corrected chi connectivity index (χ2v) is 5.68. The van der Waals surface area contributed by atoms with Gasteiger partial charge >= 0.3 is 0 Å². The molecule has 102 valence electrons. The highest BCUT2D eigenvalue weighted by Crippen LogP contribution is 2.24. The zero-order valence-corrected chi connectivity index (χ0v) is 12.9. The van der Waals surface area contributed by atoms with Crippen LogP contribution in [0.2, 0.25) is 5.02 Å². The first-order valence-electron chi connectivity index (χ1n) is 6.39. The van der Waals surface area contributed by atoms with Crippen LogP contribution in [-0.4, -0.2) is 15.6 Å². The van der Waals surface area contributed by atoms with E-state index in [1.807, 2.05) is 30.0 Å². The maximum absolute atomic E-state index is 12.4. The van der Waals surface area contributed by atoms with Crippen molar-refractivity contribution in [2.24, 2.45) is 0 Å². The fourth-order valence-corrected chi connectivity index (χ4v) is 3.27. The molecule has 0 amide bonds. The number of aromatic nitrogens is 2. The maximum Gasteiger partial charge on any atom is 0.179 e. The third kappa shape index (κ3) is 2.74. The van der Waals surface area contributed by atoms with Crippen molar-refractivity contribution >= 4 is 28.7 Å². The number of carbonyl (C=O) groups is 1. The Kier molecular flexibility index (Phi) is 4.42. The lowest BCUT2D eigenvalue weighted by Gasteiger charge is -2.05. The Bertz CT molecular complexity index is 601. The number of Topliss-reactive ketones (excluding diaryl/α,β-unsaturated/α-hetero) is 1. The van der Waals surface area contributed by atoms with Gasteiger partial charge in [0.15, 0.2) is 5.78 Å². The lowest BCUT2D eigenvalue weighted by molar-refractivity contribution is 0.0993. The van der Waals surface area contributed by atoms with Crippen LogP contribution in [0.25, 0.3) is 0 Å². The Morgan fingerprint density at radius 3 is 2.84 bits per heavy atom. The summed E-state index contributed by atoms with van der Waals surface area (Å²) in [5.41, 5.74) is 2.72. The summed E-state index contributed by atoms with van der Waals surface area (Å²) in [6.45, 7) is 6.65. The lowest BCUT2D eigenvalue weighted by atomic mass is 10.1. The molecule has 3 nitrogen and oxygen atoms in total. The highest BCUT2D eigenvalue weighted by Gasteiger charge is 2.19. The molecule has 0 spiro atoms. The van der Waals surface area contributed by atoms with Crippen molar-refractivity contribution in [1.82, 2.24) is 9.78 Å². The molecule has 2 aromatic rings. The van der Waals surface area contributed by atoms with E-state index >= 15 is 0 Å². The second kappa shape index (κ2) is 5.88. The van der Waals surface area contributed by atoms with Crippen LogP contribution >= 0.6 is 22.9 Å². The van der Waals surface area contributed by atoms with E-state index in [1.54, 1.807) is 0 Å².